The number of epoxide rings is 1. The Hall–Kier alpha value is -0.240. The zero-order chi connectivity index (χ0) is 10.6. The van der Waals surface area contributed by atoms with Crippen LogP contribution in [-0.2, 0) is 9.47 Å². The van der Waals surface area contributed by atoms with Gasteiger partial charge in [-0.3, -0.25) is 0 Å². The summed E-state index contributed by atoms with van der Waals surface area (Å²) in [6.45, 7) is 1.53. The summed E-state index contributed by atoms with van der Waals surface area (Å²) in [5.74, 6) is 0. The minimum Gasteiger partial charge on any atom is -0.394 e. The van der Waals surface area contributed by atoms with Gasteiger partial charge in [0.05, 0.1) is 26.4 Å². The smallest absolute Gasteiger partial charge is 0.114 e. The SMILES string of the molecule is C1CO1.OC[C@@H](O)[C@H]1OC[C@H](O)[C@H]1O. The van der Waals surface area contributed by atoms with Crippen LogP contribution in [0.1, 0.15) is 0 Å². The van der Waals surface area contributed by atoms with E-state index in [1.54, 1.807) is 0 Å². The van der Waals surface area contributed by atoms with Gasteiger partial charge in [0.15, 0.2) is 0 Å². The molecule has 4 atom stereocenters. The lowest BCUT2D eigenvalue weighted by molar-refractivity contribution is -0.0684. The molecule has 0 unspecified atom stereocenters. The van der Waals surface area contributed by atoms with Crippen LogP contribution in [0.25, 0.3) is 0 Å². The van der Waals surface area contributed by atoms with E-state index in [1.807, 2.05) is 0 Å². The van der Waals surface area contributed by atoms with Crippen molar-refractivity contribution in [2.45, 2.75) is 24.4 Å². The van der Waals surface area contributed by atoms with Gasteiger partial charge in [-0.05, 0) is 0 Å². The Morgan fingerprint density at radius 2 is 1.86 bits per heavy atom. The van der Waals surface area contributed by atoms with Gasteiger partial charge in [0, 0.05) is 0 Å². The van der Waals surface area contributed by atoms with Gasteiger partial charge in [0.2, 0.25) is 0 Å². The van der Waals surface area contributed by atoms with Crippen molar-refractivity contribution in [3.05, 3.63) is 0 Å². The molecule has 0 aromatic carbocycles. The van der Waals surface area contributed by atoms with Crippen LogP contribution in [0, 0.1) is 0 Å². The van der Waals surface area contributed by atoms with Gasteiger partial charge in [-0.25, -0.2) is 0 Å². The fourth-order valence-electron chi connectivity index (χ4n) is 1.07. The van der Waals surface area contributed by atoms with Crippen molar-refractivity contribution in [1.82, 2.24) is 0 Å². The number of ether oxygens (including phenoxy) is 2. The van der Waals surface area contributed by atoms with E-state index in [9.17, 15) is 0 Å². The van der Waals surface area contributed by atoms with Crippen LogP contribution in [0.3, 0.4) is 0 Å². The second-order valence-electron chi connectivity index (χ2n) is 3.22. The Morgan fingerprint density at radius 1 is 1.29 bits per heavy atom. The lowest BCUT2D eigenvalue weighted by Crippen LogP contribution is -2.40. The molecule has 2 fully saturated rings. The van der Waals surface area contributed by atoms with E-state index in [0.29, 0.717) is 0 Å². The number of hydrogen-bond acceptors (Lipinski definition) is 6. The van der Waals surface area contributed by atoms with E-state index in [-0.39, 0.29) is 6.61 Å². The monoisotopic (exact) mass is 208 g/mol. The molecule has 4 N–H and O–H groups in total. The summed E-state index contributed by atoms with van der Waals surface area (Å²) >= 11 is 0. The molecule has 2 heterocycles. The molecule has 84 valence electrons. The normalized spacial score (nSPS) is 37.3. The predicted octanol–water partition coefficient (Wildman–Crippen LogP) is -2.52. The summed E-state index contributed by atoms with van der Waals surface area (Å²) in [4.78, 5) is 0. The molecule has 0 spiro atoms. The third-order valence-electron chi connectivity index (χ3n) is 1.96. The van der Waals surface area contributed by atoms with Crippen LogP contribution in [0.2, 0.25) is 0 Å². The molecule has 0 bridgehead atoms. The first-order valence-corrected chi connectivity index (χ1v) is 4.51. The summed E-state index contributed by atoms with van der Waals surface area (Å²) in [5.41, 5.74) is 0. The van der Waals surface area contributed by atoms with Crippen LogP contribution < -0.4 is 0 Å². The van der Waals surface area contributed by atoms with Crippen LogP contribution in [-0.4, -0.2) is 71.3 Å². The Bertz CT molecular complexity index is 159. The summed E-state index contributed by atoms with van der Waals surface area (Å²) < 4.78 is 9.32. The topological polar surface area (TPSA) is 103 Å². The quantitative estimate of drug-likeness (QED) is 0.373. The van der Waals surface area contributed by atoms with Crippen molar-refractivity contribution < 1.29 is 29.9 Å². The second-order valence-corrected chi connectivity index (χ2v) is 3.22. The van der Waals surface area contributed by atoms with Gasteiger partial charge in [-0.1, -0.05) is 0 Å². The molecule has 0 aromatic rings. The average molecular weight is 208 g/mol. The van der Waals surface area contributed by atoms with Crippen LogP contribution >= 0.6 is 0 Å². The Morgan fingerprint density at radius 3 is 2.14 bits per heavy atom. The largest absolute Gasteiger partial charge is 0.394 e. The van der Waals surface area contributed by atoms with Gasteiger partial charge < -0.3 is 29.9 Å². The van der Waals surface area contributed by atoms with Crippen LogP contribution in [0.5, 0.6) is 0 Å². The highest BCUT2D eigenvalue weighted by molar-refractivity contribution is 4.87. The van der Waals surface area contributed by atoms with Gasteiger partial charge in [0.1, 0.15) is 24.4 Å². The number of rotatable bonds is 2. The van der Waals surface area contributed by atoms with Crippen molar-refractivity contribution >= 4 is 0 Å². The second kappa shape index (κ2) is 5.59. The maximum absolute atomic E-state index is 9.11. The molecule has 0 aliphatic carbocycles. The van der Waals surface area contributed by atoms with E-state index in [4.69, 9.17) is 25.2 Å². The number of aliphatic hydroxyl groups excluding tert-OH is 4. The summed E-state index contributed by atoms with van der Waals surface area (Å²) in [6.07, 6.45) is -4.05. The van der Waals surface area contributed by atoms with Crippen molar-refractivity contribution in [1.29, 1.82) is 0 Å². The lowest BCUT2D eigenvalue weighted by atomic mass is 10.1. The molecule has 0 radical (unpaired) electrons. The van der Waals surface area contributed by atoms with Gasteiger partial charge in [-0.2, -0.15) is 0 Å². The molecule has 2 aliphatic heterocycles. The minimum atomic E-state index is -1.12. The highest BCUT2D eigenvalue weighted by Crippen LogP contribution is 2.16. The van der Waals surface area contributed by atoms with Gasteiger partial charge in [0.25, 0.3) is 0 Å². The third kappa shape index (κ3) is 3.49. The van der Waals surface area contributed by atoms with Gasteiger partial charge >= 0.3 is 0 Å². The molecule has 2 saturated heterocycles. The Kier molecular flexibility index (Phi) is 4.73. The Labute approximate surface area is 81.7 Å². The molecule has 0 saturated carbocycles. The van der Waals surface area contributed by atoms with E-state index < -0.39 is 31.0 Å². The van der Waals surface area contributed by atoms with Crippen LogP contribution in [0.4, 0.5) is 0 Å². The number of aliphatic hydroxyl groups is 4. The van der Waals surface area contributed by atoms with Gasteiger partial charge in [-0.15, -0.1) is 0 Å². The molecular weight excluding hydrogens is 192 g/mol. The zero-order valence-electron chi connectivity index (χ0n) is 7.74. The van der Waals surface area contributed by atoms with Crippen molar-refractivity contribution in [3.8, 4) is 0 Å². The lowest BCUT2D eigenvalue weighted by Gasteiger charge is -2.18. The molecule has 0 amide bonds. The standard InChI is InChI=1S/C6H12O5.C2H4O/c7-1-3(8)6-5(10)4(9)2-11-6;1-2-3-1/h3-10H,1-2H2;1-2H2/t3-,4+,5-,6-;/m1./s1. The highest BCUT2D eigenvalue weighted by atomic mass is 16.6. The first kappa shape index (κ1) is 11.8. The van der Waals surface area contributed by atoms with Crippen molar-refractivity contribution in [2.75, 3.05) is 26.4 Å². The predicted molar refractivity (Wildman–Crippen MR) is 45.7 cm³/mol. The van der Waals surface area contributed by atoms with Crippen molar-refractivity contribution in [2.24, 2.45) is 0 Å². The molecule has 2 aliphatic rings. The highest BCUT2D eigenvalue weighted by Gasteiger charge is 2.38. The zero-order valence-corrected chi connectivity index (χ0v) is 7.74. The van der Waals surface area contributed by atoms with E-state index in [2.05, 4.69) is 4.74 Å². The fraction of sp³-hybridized carbons (Fsp3) is 1.00. The maximum Gasteiger partial charge on any atom is 0.114 e. The van der Waals surface area contributed by atoms with E-state index in [1.165, 1.54) is 0 Å². The molecule has 6 nitrogen and oxygen atoms in total. The molecule has 6 heteroatoms. The Balaban J connectivity index is 0.000000276. The first-order valence-electron chi connectivity index (χ1n) is 4.51. The number of hydrogen-bond donors (Lipinski definition) is 4. The summed E-state index contributed by atoms with van der Waals surface area (Å²) in [7, 11) is 0. The maximum atomic E-state index is 9.11. The first-order chi connectivity index (χ1) is 6.66. The van der Waals surface area contributed by atoms with Crippen LogP contribution in [0.15, 0.2) is 0 Å². The van der Waals surface area contributed by atoms with E-state index in [0.717, 1.165) is 13.2 Å². The molecule has 14 heavy (non-hydrogen) atoms. The summed E-state index contributed by atoms with van der Waals surface area (Å²) in [6, 6.07) is 0. The molecular formula is C8H16O6. The fourth-order valence-corrected chi connectivity index (χ4v) is 1.07. The summed E-state index contributed by atoms with van der Waals surface area (Å²) in [5, 5.41) is 35.5. The van der Waals surface area contributed by atoms with Crippen molar-refractivity contribution in [3.63, 3.8) is 0 Å². The third-order valence-corrected chi connectivity index (χ3v) is 1.96. The average Bonchev–Trinajstić information content (AvgIpc) is 3.01. The van der Waals surface area contributed by atoms with E-state index >= 15 is 0 Å². The minimum absolute atomic E-state index is 0.00287. The molecule has 2 rings (SSSR count). The molecule has 0 aromatic heterocycles.